The first kappa shape index (κ1) is 18.1. The standard InChI is InChI=1S/C14H24N2O3S2/c1-5-11-7-13(15)12(6-2)14(8-11)21(18,19)16-9-10(3)20(4)17/h7-8,10,16H,5-6,9,15H2,1-4H3. The summed E-state index contributed by atoms with van der Waals surface area (Å²) in [7, 11) is -4.72. The quantitative estimate of drug-likeness (QED) is 0.739. The number of rotatable bonds is 7. The van der Waals surface area contributed by atoms with E-state index in [0.717, 1.165) is 5.56 Å². The number of benzene rings is 1. The molecule has 5 nitrogen and oxygen atoms in total. The number of nitrogens with one attached hydrogen (secondary N) is 1. The highest BCUT2D eigenvalue weighted by atomic mass is 32.2. The summed E-state index contributed by atoms with van der Waals surface area (Å²) in [6.45, 7) is 5.72. The van der Waals surface area contributed by atoms with Crippen LogP contribution in [0.1, 0.15) is 31.9 Å². The van der Waals surface area contributed by atoms with Gasteiger partial charge in [0.2, 0.25) is 10.0 Å². The number of hydrogen-bond donors (Lipinski definition) is 2. The van der Waals surface area contributed by atoms with Crippen LogP contribution in [0.4, 0.5) is 5.69 Å². The van der Waals surface area contributed by atoms with E-state index < -0.39 is 20.8 Å². The highest BCUT2D eigenvalue weighted by Crippen LogP contribution is 2.25. The van der Waals surface area contributed by atoms with E-state index in [1.165, 1.54) is 0 Å². The van der Waals surface area contributed by atoms with E-state index in [1.54, 1.807) is 19.2 Å². The van der Waals surface area contributed by atoms with Crippen LogP contribution in [0.2, 0.25) is 0 Å². The van der Waals surface area contributed by atoms with Gasteiger partial charge in [-0.1, -0.05) is 13.8 Å². The summed E-state index contributed by atoms with van der Waals surface area (Å²) in [5.41, 5.74) is 7.99. The van der Waals surface area contributed by atoms with E-state index in [-0.39, 0.29) is 16.7 Å². The topological polar surface area (TPSA) is 89.3 Å². The van der Waals surface area contributed by atoms with Crippen LogP contribution in [0, 0.1) is 0 Å². The van der Waals surface area contributed by atoms with Crippen molar-refractivity contribution in [2.75, 3.05) is 18.5 Å². The first-order valence-electron chi connectivity index (χ1n) is 6.96. The second kappa shape index (κ2) is 7.38. The van der Waals surface area contributed by atoms with E-state index in [2.05, 4.69) is 4.72 Å². The molecule has 0 saturated carbocycles. The van der Waals surface area contributed by atoms with Gasteiger partial charge in [-0.3, -0.25) is 4.21 Å². The molecule has 0 radical (unpaired) electrons. The van der Waals surface area contributed by atoms with Gasteiger partial charge in [-0.25, -0.2) is 13.1 Å². The Hall–Kier alpha value is -0.920. The van der Waals surface area contributed by atoms with Crippen LogP contribution in [0.3, 0.4) is 0 Å². The molecule has 120 valence electrons. The Morgan fingerprint density at radius 3 is 2.38 bits per heavy atom. The zero-order chi connectivity index (χ0) is 16.2. The molecule has 0 aliphatic carbocycles. The molecule has 0 heterocycles. The fourth-order valence-corrected chi connectivity index (χ4v) is 3.91. The molecular weight excluding hydrogens is 308 g/mol. The summed E-state index contributed by atoms with van der Waals surface area (Å²) in [5.74, 6) is 0. The highest BCUT2D eigenvalue weighted by molar-refractivity contribution is 7.89. The van der Waals surface area contributed by atoms with Gasteiger partial charge in [0.15, 0.2) is 0 Å². The molecular formula is C14H24N2O3S2. The molecule has 21 heavy (non-hydrogen) atoms. The van der Waals surface area contributed by atoms with Crippen molar-refractivity contribution in [1.82, 2.24) is 4.72 Å². The number of nitrogens with two attached hydrogens (primary N) is 1. The summed E-state index contributed by atoms with van der Waals surface area (Å²) >= 11 is 0. The zero-order valence-electron chi connectivity index (χ0n) is 13.0. The van der Waals surface area contributed by atoms with Crippen molar-refractivity contribution in [3.05, 3.63) is 23.3 Å². The second-order valence-corrected chi connectivity index (χ2v) is 8.57. The monoisotopic (exact) mass is 332 g/mol. The van der Waals surface area contributed by atoms with Gasteiger partial charge in [0.1, 0.15) is 0 Å². The van der Waals surface area contributed by atoms with Crippen molar-refractivity contribution < 1.29 is 12.6 Å². The Labute approximate surface area is 129 Å². The van der Waals surface area contributed by atoms with E-state index in [4.69, 9.17) is 5.73 Å². The normalized spacial score (nSPS) is 14.9. The fourth-order valence-electron chi connectivity index (χ4n) is 1.97. The smallest absolute Gasteiger partial charge is 0.240 e. The lowest BCUT2D eigenvalue weighted by molar-refractivity contribution is 0.579. The lowest BCUT2D eigenvalue weighted by Gasteiger charge is -2.16. The Balaban J connectivity index is 3.18. The van der Waals surface area contributed by atoms with Crippen molar-refractivity contribution in [2.45, 2.75) is 43.8 Å². The number of hydrogen-bond acceptors (Lipinski definition) is 4. The molecule has 2 unspecified atom stereocenters. The van der Waals surface area contributed by atoms with Gasteiger partial charge >= 0.3 is 0 Å². The first-order chi connectivity index (χ1) is 9.72. The summed E-state index contributed by atoms with van der Waals surface area (Å²) in [6.07, 6.45) is 2.82. The molecule has 0 fully saturated rings. The van der Waals surface area contributed by atoms with Crippen LogP contribution in [0.15, 0.2) is 17.0 Å². The third kappa shape index (κ3) is 4.52. The summed E-state index contributed by atoms with van der Waals surface area (Å²) in [6, 6.07) is 3.49. The lowest BCUT2D eigenvalue weighted by Crippen LogP contribution is -2.33. The molecule has 7 heteroatoms. The number of nitrogen functional groups attached to an aromatic ring is 1. The van der Waals surface area contributed by atoms with Crippen LogP contribution < -0.4 is 10.5 Å². The molecule has 0 aliphatic heterocycles. The minimum absolute atomic E-state index is 0.144. The fraction of sp³-hybridized carbons (Fsp3) is 0.571. The van der Waals surface area contributed by atoms with Crippen LogP contribution in [0.25, 0.3) is 0 Å². The Bertz CT molecular complexity index is 627. The molecule has 0 saturated heterocycles. The van der Waals surface area contributed by atoms with Crippen molar-refractivity contribution in [3.8, 4) is 0 Å². The van der Waals surface area contributed by atoms with Crippen molar-refractivity contribution >= 4 is 26.5 Å². The maximum absolute atomic E-state index is 12.5. The highest BCUT2D eigenvalue weighted by Gasteiger charge is 2.21. The van der Waals surface area contributed by atoms with E-state index in [1.807, 2.05) is 19.9 Å². The van der Waals surface area contributed by atoms with Gasteiger partial charge < -0.3 is 5.73 Å². The molecule has 0 aliphatic rings. The van der Waals surface area contributed by atoms with E-state index >= 15 is 0 Å². The van der Waals surface area contributed by atoms with Crippen molar-refractivity contribution in [2.24, 2.45) is 0 Å². The van der Waals surface area contributed by atoms with Crippen molar-refractivity contribution in [3.63, 3.8) is 0 Å². The minimum Gasteiger partial charge on any atom is -0.398 e. The molecule has 3 N–H and O–H groups in total. The van der Waals surface area contributed by atoms with Gasteiger partial charge in [0.25, 0.3) is 0 Å². The van der Waals surface area contributed by atoms with Crippen LogP contribution in [-0.2, 0) is 33.7 Å². The largest absolute Gasteiger partial charge is 0.398 e. The van der Waals surface area contributed by atoms with Crippen LogP contribution >= 0.6 is 0 Å². The van der Waals surface area contributed by atoms with Crippen LogP contribution in [-0.4, -0.2) is 30.7 Å². The molecule has 0 bridgehead atoms. The number of sulfonamides is 1. The van der Waals surface area contributed by atoms with Gasteiger partial charge in [-0.2, -0.15) is 0 Å². The Morgan fingerprint density at radius 2 is 1.90 bits per heavy atom. The predicted octanol–water partition coefficient (Wildman–Crippen LogP) is 1.44. The summed E-state index contributed by atoms with van der Waals surface area (Å²) in [4.78, 5) is 0.232. The maximum Gasteiger partial charge on any atom is 0.240 e. The lowest BCUT2D eigenvalue weighted by atomic mass is 10.1. The third-order valence-electron chi connectivity index (χ3n) is 3.48. The average Bonchev–Trinajstić information content (AvgIpc) is 2.43. The molecule has 2 atom stereocenters. The second-order valence-electron chi connectivity index (χ2n) is 5.03. The zero-order valence-corrected chi connectivity index (χ0v) is 14.6. The third-order valence-corrected chi connectivity index (χ3v) is 6.27. The molecule has 1 rings (SSSR count). The predicted molar refractivity (Wildman–Crippen MR) is 88.3 cm³/mol. The Kier molecular flexibility index (Phi) is 6.37. The van der Waals surface area contributed by atoms with Crippen molar-refractivity contribution in [1.29, 1.82) is 0 Å². The first-order valence-corrected chi connectivity index (χ1v) is 10.1. The average molecular weight is 332 g/mol. The summed E-state index contributed by atoms with van der Waals surface area (Å²) in [5, 5.41) is -0.239. The Morgan fingerprint density at radius 1 is 1.29 bits per heavy atom. The van der Waals surface area contributed by atoms with Gasteiger partial charge in [0.05, 0.1) is 4.90 Å². The maximum atomic E-state index is 12.5. The number of aryl methyl sites for hydroxylation is 1. The molecule has 1 aromatic carbocycles. The molecule has 1 aromatic rings. The molecule has 0 spiro atoms. The number of anilines is 1. The van der Waals surface area contributed by atoms with Gasteiger partial charge in [-0.05, 0) is 43.0 Å². The minimum atomic E-state index is -3.65. The van der Waals surface area contributed by atoms with Crippen LogP contribution in [0.5, 0.6) is 0 Å². The van der Waals surface area contributed by atoms with E-state index in [0.29, 0.717) is 24.1 Å². The van der Waals surface area contributed by atoms with Gasteiger partial charge in [-0.15, -0.1) is 0 Å². The van der Waals surface area contributed by atoms with E-state index in [9.17, 15) is 12.6 Å². The molecule has 0 amide bonds. The van der Waals surface area contributed by atoms with Gasteiger partial charge in [0, 0.05) is 34.5 Å². The SMILES string of the molecule is CCc1cc(N)c(CC)c(S(=O)(=O)NCC(C)S(C)=O)c1. The molecule has 0 aromatic heterocycles. The summed E-state index contributed by atoms with van der Waals surface area (Å²) < 4.78 is 38.9.